The van der Waals surface area contributed by atoms with Crippen LogP contribution in [0.5, 0.6) is 23.0 Å². The average Bonchev–Trinajstić information content (AvgIpc) is 3.25. The van der Waals surface area contributed by atoms with Crippen LogP contribution in [0.4, 0.5) is 0 Å². The molecule has 0 bridgehead atoms. The minimum atomic E-state index is -0.663. The third-order valence-corrected chi connectivity index (χ3v) is 5.38. The van der Waals surface area contributed by atoms with E-state index in [2.05, 4.69) is 15.9 Å². The van der Waals surface area contributed by atoms with Gasteiger partial charge in [-0.15, -0.1) is 0 Å². The molecular formula is C25H15BrO7. The zero-order valence-corrected chi connectivity index (χ0v) is 18.7. The molecule has 0 amide bonds. The van der Waals surface area contributed by atoms with E-state index in [4.69, 9.17) is 23.0 Å². The maximum Gasteiger partial charge on any atom is 0.379 e. The topological polar surface area (TPSA) is 88.1 Å². The van der Waals surface area contributed by atoms with Gasteiger partial charge in [-0.1, -0.05) is 15.9 Å². The summed E-state index contributed by atoms with van der Waals surface area (Å²) in [5.74, 6) is 0.777. The summed E-state index contributed by atoms with van der Waals surface area (Å²) < 4.78 is 28.1. The number of hydrogen-bond acceptors (Lipinski definition) is 7. The van der Waals surface area contributed by atoms with Crippen LogP contribution in [-0.2, 0) is 0 Å². The Morgan fingerprint density at radius 2 is 1.64 bits per heavy atom. The molecule has 0 N–H and O–H groups in total. The fourth-order valence-electron chi connectivity index (χ4n) is 3.27. The second kappa shape index (κ2) is 8.48. The van der Waals surface area contributed by atoms with Crippen molar-refractivity contribution >= 4 is 43.8 Å². The lowest BCUT2D eigenvalue weighted by Gasteiger charge is -2.07. The lowest BCUT2D eigenvalue weighted by molar-refractivity contribution is 0.0704. The summed E-state index contributed by atoms with van der Waals surface area (Å²) in [5.41, 5.74) is 0.466. The zero-order chi connectivity index (χ0) is 22.9. The highest BCUT2D eigenvalue weighted by atomic mass is 79.9. The van der Waals surface area contributed by atoms with Gasteiger partial charge in [-0.05, 0) is 60.7 Å². The molecule has 33 heavy (non-hydrogen) atoms. The van der Waals surface area contributed by atoms with E-state index in [0.29, 0.717) is 17.1 Å². The average molecular weight is 507 g/mol. The predicted octanol–water partition coefficient (Wildman–Crippen LogP) is 6.32. The first-order valence-corrected chi connectivity index (χ1v) is 10.6. The molecule has 0 aliphatic heterocycles. The molecule has 0 saturated carbocycles. The Kier molecular flexibility index (Phi) is 5.35. The first-order valence-electron chi connectivity index (χ1n) is 9.79. The number of carbonyl (C=O) groups is 1. The smallest absolute Gasteiger partial charge is 0.379 e. The van der Waals surface area contributed by atoms with Gasteiger partial charge in [0, 0.05) is 15.9 Å². The zero-order valence-electron chi connectivity index (χ0n) is 17.2. The Bertz CT molecular complexity index is 1550. The minimum Gasteiger partial charge on any atom is -0.497 e. The number of carbonyl (C=O) groups excluding carboxylic acids is 1. The number of esters is 1. The molecule has 0 radical (unpaired) electrons. The van der Waals surface area contributed by atoms with E-state index in [-0.39, 0.29) is 33.7 Å². The molecule has 0 unspecified atom stereocenters. The molecule has 5 rings (SSSR count). The number of hydrogen-bond donors (Lipinski definition) is 0. The summed E-state index contributed by atoms with van der Waals surface area (Å²) >= 11 is 3.38. The summed E-state index contributed by atoms with van der Waals surface area (Å²) in [7, 11) is 1.56. The number of halogens is 1. The highest BCUT2D eigenvalue weighted by Crippen LogP contribution is 2.27. The van der Waals surface area contributed by atoms with Gasteiger partial charge in [0.2, 0.25) is 16.9 Å². The van der Waals surface area contributed by atoms with Crippen molar-refractivity contribution in [1.29, 1.82) is 0 Å². The second-order valence-electron chi connectivity index (χ2n) is 7.05. The van der Waals surface area contributed by atoms with Crippen molar-refractivity contribution in [3.05, 3.63) is 93.4 Å². The molecule has 0 atom stereocenters. The number of ether oxygens (including phenoxy) is 3. The first-order chi connectivity index (χ1) is 16.0. The van der Waals surface area contributed by atoms with Gasteiger partial charge in [-0.25, -0.2) is 4.79 Å². The Morgan fingerprint density at radius 1 is 0.879 bits per heavy atom. The number of rotatable bonds is 5. The fourth-order valence-corrected chi connectivity index (χ4v) is 3.65. The molecule has 5 aromatic rings. The van der Waals surface area contributed by atoms with Crippen LogP contribution in [0.2, 0.25) is 0 Å². The van der Waals surface area contributed by atoms with Crippen LogP contribution < -0.4 is 19.6 Å². The van der Waals surface area contributed by atoms with E-state index in [0.717, 1.165) is 9.86 Å². The Hall–Kier alpha value is -4.04. The van der Waals surface area contributed by atoms with Crippen molar-refractivity contribution in [2.24, 2.45) is 0 Å². The van der Waals surface area contributed by atoms with Gasteiger partial charge in [-0.2, -0.15) is 0 Å². The molecule has 2 aromatic heterocycles. The van der Waals surface area contributed by atoms with Crippen molar-refractivity contribution in [1.82, 2.24) is 0 Å². The van der Waals surface area contributed by atoms with Gasteiger partial charge in [0.1, 0.15) is 34.7 Å². The molecule has 8 heteroatoms. The van der Waals surface area contributed by atoms with Gasteiger partial charge < -0.3 is 23.0 Å². The van der Waals surface area contributed by atoms with Gasteiger partial charge in [0.25, 0.3) is 0 Å². The molecule has 0 aliphatic carbocycles. The molecule has 0 aliphatic rings. The van der Waals surface area contributed by atoms with Gasteiger partial charge in [0.05, 0.1) is 12.5 Å². The summed E-state index contributed by atoms with van der Waals surface area (Å²) in [6.07, 6.45) is 1.22. The molecule has 2 heterocycles. The summed E-state index contributed by atoms with van der Waals surface area (Å²) in [6, 6.07) is 18.3. The molecule has 0 fully saturated rings. The van der Waals surface area contributed by atoms with Crippen molar-refractivity contribution in [3.8, 4) is 23.0 Å². The summed E-state index contributed by atoms with van der Waals surface area (Å²) in [5, 5.41) is 1.06. The number of fused-ring (bicyclic) bond motifs is 2. The van der Waals surface area contributed by atoms with Crippen LogP contribution in [0.1, 0.15) is 10.6 Å². The molecule has 7 nitrogen and oxygen atoms in total. The molecule has 0 spiro atoms. The molecule has 3 aromatic carbocycles. The second-order valence-corrected chi connectivity index (χ2v) is 7.96. The lowest BCUT2D eigenvalue weighted by Crippen LogP contribution is -2.08. The van der Waals surface area contributed by atoms with Crippen LogP contribution in [0.25, 0.3) is 21.9 Å². The predicted molar refractivity (Wildman–Crippen MR) is 124 cm³/mol. The Labute approximate surface area is 195 Å². The SMILES string of the molecule is COc1ccc(Oc2coc3cc(OC(=O)c4cc5cc(Br)ccc5o4)ccc3c2=O)cc1. The fraction of sp³-hybridized carbons (Fsp3) is 0.0400. The normalized spacial score (nSPS) is 11.0. The summed E-state index contributed by atoms with van der Waals surface area (Å²) in [6.45, 7) is 0. The monoisotopic (exact) mass is 506 g/mol. The molecule has 0 saturated heterocycles. The van der Waals surface area contributed by atoms with Gasteiger partial charge in [-0.3, -0.25) is 4.79 Å². The van der Waals surface area contributed by atoms with Crippen molar-refractivity contribution in [2.45, 2.75) is 0 Å². The van der Waals surface area contributed by atoms with Gasteiger partial charge >= 0.3 is 5.97 Å². The van der Waals surface area contributed by atoms with Crippen LogP contribution in [0.15, 0.2) is 91.1 Å². The van der Waals surface area contributed by atoms with Crippen LogP contribution in [0.3, 0.4) is 0 Å². The number of furan rings is 1. The van der Waals surface area contributed by atoms with Crippen molar-refractivity contribution in [3.63, 3.8) is 0 Å². The third kappa shape index (κ3) is 4.20. The number of methoxy groups -OCH3 is 1. The largest absolute Gasteiger partial charge is 0.497 e. The van der Waals surface area contributed by atoms with E-state index in [1.165, 1.54) is 24.5 Å². The quantitative estimate of drug-likeness (QED) is 0.203. The summed E-state index contributed by atoms with van der Waals surface area (Å²) in [4.78, 5) is 25.3. The minimum absolute atomic E-state index is 0.0332. The van der Waals surface area contributed by atoms with Crippen molar-refractivity contribution in [2.75, 3.05) is 7.11 Å². The van der Waals surface area contributed by atoms with E-state index < -0.39 is 5.97 Å². The van der Waals surface area contributed by atoms with E-state index in [9.17, 15) is 9.59 Å². The van der Waals surface area contributed by atoms with Crippen LogP contribution in [0, 0.1) is 0 Å². The van der Waals surface area contributed by atoms with E-state index in [1.54, 1.807) is 43.5 Å². The van der Waals surface area contributed by atoms with Crippen molar-refractivity contribution < 1.29 is 27.8 Å². The Balaban J connectivity index is 1.38. The maximum absolute atomic E-state index is 12.8. The Morgan fingerprint density at radius 3 is 2.42 bits per heavy atom. The van der Waals surface area contributed by atoms with E-state index in [1.807, 2.05) is 12.1 Å². The first kappa shape index (κ1) is 20.8. The van der Waals surface area contributed by atoms with E-state index >= 15 is 0 Å². The molecule has 164 valence electrons. The number of benzene rings is 3. The lowest BCUT2D eigenvalue weighted by atomic mass is 10.2. The highest BCUT2D eigenvalue weighted by Gasteiger charge is 2.17. The highest BCUT2D eigenvalue weighted by molar-refractivity contribution is 9.10. The standard InChI is InChI=1S/C25H15BrO7/c1-29-16-3-5-17(6-4-16)31-23-13-30-21-12-18(7-8-19(21)24(23)27)32-25(28)22-11-14-10-15(26)2-9-20(14)33-22/h2-13H,1H3. The van der Waals surface area contributed by atoms with Gasteiger partial charge in [0.15, 0.2) is 0 Å². The maximum atomic E-state index is 12.8. The third-order valence-electron chi connectivity index (χ3n) is 4.89. The molecular weight excluding hydrogens is 492 g/mol. The van der Waals surface area contributed by atoms with Crippen LogP contribution in [-0.4, -0.2) is 13.1 Å². The van der Waals surface area contributed by atoms with Crippen LogP contribution >= 0.6 is 15.9 Å².